The topological polar surface area (TPSA) is 71.0 Å². The van der Waals surface area contributed by atoms with E-state index in [0.717, 1.165) is 61.5 Å². The molecule has 6 heteroatoms. The highest BCUT2D eigenvalue weighted by atomic mass is 16.2. The highest BCUT2D eigenvalue weighted by Gasteiger charge is 2.39. The second kappa shape index (κ2) is 8.47. The van der Waals surface area contributed by atoms with Crippen molar-refractivity contribution in [2.24, 2.45) is 17.8 Å². The first kappa shape index (κ1) is 19.8. The summed E-state index contributed by atoms with van der Waals surface area (Å²) in [5.74, 6) is 2.80. The summed E-state index contributed by atoms with van der Waals surface area (Å²) in [5, 5.41) is 3.18. The largest absolute Gasteiger partial charge is 0.356 e. The molecule has 0 aliphatic heterocycles. The Kier molecular flexibility index (Phi) is 5.79. The molecule has 2 aliphatic rings. The molecule has 6 nitrogen and oxygen atoms in total. The van der Waals surface area contributed by atoms with Crippen LogP contribution in [0.1, 0.15) is 50.6 Å². The molecule has 2 heterocycles. The van der Waals surface area contributed by atoms with Crippen LogP contribution in [0.4, 0.5) is 5.95 Å². The number of hydrogen-bond donors (Lipinski definition) is 1. The lowest BCUT2D eigenvalue weighted by molar-refractivity contribution is -0.122. The van der Waals surface area contributed by atoms with Gasteiger partial charge in [-0.3, -0.25) is 9.78 Å². The summed E-state index contributed by atoms with van der Waals surface area (Å²) >= 11 is 0. The summed E-state index contributed by atoms with van der Waals surface area (Å²) in [6, 6.07) is 5.96. The van der Waals surface area contributed by atoms with Crippen molar-refractivity contribution in [2.45, 2.75) is 44.9 Å². The van der Waals surface area contributed by atoms with Crippen LogP contribution in [0.25, 0.3) is 11.3 Å². The minimum absolute atomic E-state index is 0.253. The Labute approximate surface area is 173 Å². The quantitative estimate of drug-likeness (QED) is 0.811. The van der Waals surface area contributed by atoms with Gasteiger partial charge in [0.2, 0.25) is 11.9 Å². The molecule has 0 aromatic carbocycles. The monoisotopic (exact) mass is 393 g/mol. The number of carbonyl (C=O) groups excluding carboxylic acids is 1. The summed E-state index contributed by atoms with van der Waals surface area (Å²) in [7, 11) is 3.94. The van der Waals surface area contributed by atoms with E-state index >= 15 is 0 Å². The molecular formula is C23H31N5O. The summed E-state index contributed by atoms with van der Waals surface area (Å²) in [6.07, 6.45) is 9.20. The Balaban J connectivity index is 1.44. The molecule has 0 saturated heterocycles. The van der Waals surface area contributed by atoms with Gasteiger partial charge in [-0.2, -0.15) is 0 Å². The zero-order chi connectivity index (χ0) is 20.4. The summed E-state index contributed by atoms with van der Waals surface area (Å²) < 4.78 is 0. The lowest BCUT2D eigenvalue weighted by atomic mass is 9.79. The van der Waals surface area contributed by atoms with Gasteiger partial charge in [0.05, 0.1) is 11.4 Å². The maximum Gasteiger partial charge on any atom is 0.225 e. The van der Waals surface area contributed by atoms with Crippen LogP contribution in [0.3, 0.4) is 0 Å². The summed E-state index contributed by atoms with van der Waals surface area (Å²) in [5.41, 5.74) is 3.08. The Morgan fingerprint density at radius 3 is 2.55 bits per heavy atom. The number of nitrogens with zero attached hydrogens (tertiary/aromatic N) is 4. The van der Waals surface area contributed by atoms with Crippen LogP contribution < -0.4 is 10.2 Å². The van der Waals surface area contributed by atoms with Crippen molar-refractivity contribution in [1.82, 2.24) is 20.3 Å². The average Bonchev–Trinajstić information content (AvgIpc) is 3.49. The predicted molar refractivity (Wildman–Crippen MR) is 115 cm³/mol. The Bertz CT molecular complexity index is 846. The molecule has 1 N–H and O–H groups in total. The highest BCUT2D eigenvalue weighted by Crippen LogP contribution is 2.40. The minimum atomic E-state index is 0.253. The Morgan fingerprint density at radius 1 is 1.17 bits per heavy atom. The third-order valence-corrected chi connectivity index (χ3v) is 6.39. The number of nitrogens with one attached hydrogen (secondary N) is 1. The molecule has 2 atom stereocenters. The summed E-state index contributed by atoms with van der Waals surface area (Å²) in [4.78, 5) is 28.0. The molecule has 0 bridgehead atoms. The molecule has 2 saturated carbocycles. The number of hydrogen-bond acceptors (Lipinski definition) is 5. The second-order valence-electron chi connectivity index (χ2n) is 8.86. The summed E-state index contributed by atoms with van der Waals surface area (Å²) in [6.45, 7) is 2.97. The maximum atomic E-state index is 12.1. The van der Waals surface area contributed by atoms with Gasteiger partial charge in [0.1, 0.15) is 0 Å². The maximum absolute atomic E-state index is 12.1. The molecule has 4 rings (SSSR count). The standard InChI is InChI=1S/C23H31N5O/c1-15-12-18(15)22(29)25-13-16-7-9-17(10-8-16)21-19(20-6-4-5-11-24-20)14-26-23(27-21)28(2)3/h4-6,11,14-18H,7-10,12-13H2,1-3H3,(H,25,29)/t15-,16?,17?,18+/m0/s1. The van der Waals surface area contributed by atoms with Gasteiger partial charge in [0, 0.05) is 50.4 Å². The molecule has 2 aliphatic carbocycles. The zero-order valence-corrected chi connectivity index (χ0v) is 17.6. The van der Waals surface area contributed by atoms with Crippen LogP contribution in [0.15, 0.2) is 30.6 Å². The van der Waals surface area contributed by atoms with Crippen molar-refractivity contribution in [3.05, 3.63) is 36.3 Å². The number of amides is 1. The third-order valence-electron chi connectivity index (χ3n) is 6.39. The van der Waals surface area contributed by atoms with Crippen molar-refractivity contribution in [3.63, 3.8) is 0 Å². The molecule has 1 amide bonds. The third kappa shape index (κ3) is 4.57. The first-order valence-corrected chi connectivity index (χ1v) is 10.8. The van der Waals surface area contributed by atoms with Gasteiger partial charge in [-0.25, -0.2) is 9.97 Å². The van der Waals surface area contributed by atoms with Gasteiger partial charge in [-0.15, -0.1) is 0 Å². The van der Waals surface area contributed by atoms with Gasteiger partial charge < -0.3 is 10.2 Å². The van der Waals surface area contributed by atoms with E-state index in [2.05, 4.69) is 22.2 Å². The molecule has 2 aromatic heterocycles. The molecule has 29 heavy (non-hydrogen) atoms. The first-order chi connectivity index (χ1) is 14.0. The van der Waals surface area contributed by atoms with E-state index < -0.39 is 0 Å². The van der Waals surface area contributed by atoms with E-state index in [1.165, 1.54) is 0 Å². The fourth-order valence-corrected chi connectivity index (χ4v) is 4.33. The smallest absolute Gasteiger partial charge is 0.225 e. The molecule has 0 spiro atoms. The van der Waals surface area contributed by atoms with E-state index in [4.69, 9.17) is 4.98 Å². The van der Waals surface area contributed by atoms with Gasteiger partial charge in [0.25, 0.3) is 0 Å². The SMILES string of the molecule is C[C@H]1C[C@H]1C(=O)NCC1CCC(c2nc(N(C)C)ncc2-c2ccccn2)CC1. The van der Waals surface area contributed by atoms with Crippen molar-refractivity contribution in [2.75, 3.05) is 25.5 Å². The molecular weight excluding hydrogens is 362 g/mol. The number of aromatic nitrogens is 3. The van der Waals surface area contributed by atoms with Crippen molar-refractivity contribution < 1.29 is 4.79 Å². The van der Waals surface area contributed by atoms with Gasteiger partial charge in [0.15, 0.2) is 0 Å². The number of rotatable bonds is 6. The van der Waals surface area contributed by atoms with Crippen molar-refractivity contribution in [1.29, 1.82) is 0 Å². The van der Waals surface area contributed by atoms with Crippen LogP contribution in [0.2, 0.25) is 0 Å². The van der Waals surface area contributed by atoms with E-state index in [1.807, 2.05) is 49.6 Å². The lowest BCUT2D eigenvalue weighted by Gasteiger charge is -2.29. The molecule has 154 valence electrons. The number of pyridine rings is 1. The molecule has 0 radical (unpaired) electrons. The van der Waals surface area contributed by atoms with Crippen molar-refractivity contribution in [3.8, 4) is 11.3 Å². The van der Waals surface area contributed by atoms with E-state index in [0.29, 0.717) is 17.8 Å². The van der Waals surface area contributed by atoms with E-state index in [1.54, 1.807) is 0 Å². The number of carbonyl (C=O) groups is 1. The zero-order valence-electron chi connectivity index (χ0n) is 17.6. The molecule has 0 unspecified atom stereocenters. The van der Waals surface area contributed by atoms with Crippen LogP contribution >= 0.6 is 0 Å². The van der Waals surface area contributed by atoms with E-state index in [-0.39, 0.29) is 11.8 Å². The van der Waals surface area contributed by atoms with Crippen LogP contribution in [0.5, 0.6) is 0 Å². The Hall–Kier alpha value is -2.50. The van der Waals surface area contributed by atoms with Gasteiger partial charge in [-0.05, 0) is 56.1 Å². The van der Waals surface area contributed by atoms with Gasteiger partial charge >= 0.3 is 0 Å². The van der Waals surface area contributed by atoms with Crippen LogP contribution in [0, 0.1) is 17.8 Å². The lowest BCUT2D eigenvalue weighted by Crippen LogP contribution is -2.32. The fraction of sp³-hybridized carbons (Fsp3) is 0.565. The van der Waals surface area contributed by atoms with Gasteiger partial charge in [-0.1, -0.05) is 13.0 Å². The Morgan fingerprint density at radius 2 is 1.93 bits per heavy atom. The van der Waals surface area contributed by atoms with E-state index in [9.17, 15) is 4.79 Å². The minimum Gasteiger partial charge on any atom is -0.356 e. The first-order valence-electron chi connectivity index (χ1n) is 10.8. The average molecular weight is 394 g/mol. The highest BCUT2D eigenvalue weighted by molar-refractivity contribution is 5.81. The predicted octanol–water partition coefficient (Wildman–Crippen LogP) is 3.65. The van der Waals surface area contributed by atoms with Crippen LogP contribution in [-0.4, -0.2) is 41.5 Å². The van der Waals surface area contributed by atoms with Crippen LogP contribution in [-0.2, 0) is 4.79 Å². The van der Waals surface area contributed by atoms with Crippen molar-refractivity contribution >= 4 is 11.9 Å². The number of anilines is 1. The fourth-order valence-electron chi connectivity index (χ4n) is 4.33. The normalized spacial score (nSPS) is 26.0. The molecule has 2 aromatic rings. The molecule has 2 fully saturated rings. The second-order valence-corrected chi connectivity index (χ2v) is 8.86.